The molecule has 3 heteroatoms. The van der Waals surface area contributed by atoms with Gasteiger partial charge in [0.25, 0.3) is 0 Å². The van der Waals surface area contributed by atoms with Crippen molar-refractivity contribution in [3.63, 3.8) is 0 Å². The smallest absolute Gasteiger partial charge is 0.306 e. The number of aromatic hydroxyl groups is 1. The molecular weight excluding hydrogens is 360 g/mol. The summed E-state index contributed by atoms with van der Waals surface area (Å²) in [6, 6.07) is 6.00. The number of carbonyl (C=O) groups is 1. The zero-order chi connectivity index (χ0) is 20.0. The van der Waals surface area contributed by atoms with Gasteiger partial charge in [0.2, 0.25) is 0 Å². The molecule has 29 heavy (non-hydrogen) atoms. The van der Waals surface area contributed by atoms with Gasteiger partial charge >= 0.3 is 5.97 Å². The molecule has 4 aliphatic carbocycles. The Balaban J connectivity index is 1.25. The Morgan fingerprint density at radius 3 is 2.79 bits per heavy atom. The van der Waals surface area contributed by atoms with Crippen molar-refractivity contribution in [2.45, 2.75) is 96.0 Å². The molecule has 1 aromatic carbocycles. The molecule has 0 spiro atoms. The van der Waals surface area contributed by atoms with Gasteiger partial charge < -0.3 is 9.84 Å². The minimum Gasteiger partial charge on any atom is -0.508 e. The average molecular weight is 397 g/mol. The number of ether oxygens (including phenoxy) is 1. The SMILES string of the molecule is C[C@]12CC[C@@H]3c4ccc(O)cc4CC[C@H]3[C@@H]1CCC2OC(=O)CCC1CCCC1. The van der Waals surface area contributed by atoms with Gasteiger partial charge in [0, 0.05) is 11.8 Å². The molecule has 3 fully saturated rings. The fraction of sp³-hybridized carbons (Fsp3) is 0.731. The zero-order valence-corrected chi connectivity index (χ0v) is 17.9. The number of benzene rings is 1. The van der Waals surface area contributed by atoms with Gasteiger partial charge in [-0.15, -0.1) is 0 Å². The second-order valence-corrected chi connectivity index (χ2v) is 10.6. The van der Waals surface area contributed by atoms with E-state index in [-0.39, 0.29) is 17.5 Å². The van der Waals surface area contributed by atoms with Crippen molar-refractivity contribution in [2.75, 3.05) is 0 Å². The molecule has 3 saturated carbocycles. The lowest BCUT2D eigenvalue weighted by Gasteiger charge is -2.50. The zero-order valence-electron chi connectivity index (χ0n) is 17.9. The standard InChI is InChI=1S/C26H36O3/c1-26-15-14-21-20-10-8-19(27)16-18(20)7-9-22(21)23(26)11-12-24(26)29-25(28)13-6-17-4-2-3-5-17/h8,10,16-17,21-24,27H,2-7,9,11-15H2,1H3/t21-,22-,23+,24?,26+/m1/s1. The molecular formula is C26H36O3. The van der Waals surface area contributed by atoms with Crippen LogP contribution in [-0.4, -0.2) is 17.2 Å². The van der Waals surface area contributed by atoms with E-state index in [1.165, 1.54) is 56.1 Å². The summed E-state index contributed by atoms with van der Waals surface area (Å²) in [5, 5.41) is 9.86. The summed E-state index contributed by atoms with van der Waals surface area (Å²) < 4.78 is 6.14. The fourth-order valence-electron chi connectivity index (χ4n) is 7.55. The highest BCUT2D eigenvalue weighted by Gasteiger charge is 2.56. The number of esters is 1. The van der Waals surface area contributed by atoms with Gasteiger partial charge in [-0.1, -0.05) is 38.7 Å². The molecule has 0 aliphatic heterocycles. The maximum absolute atomic E-state index is 12.6. The highest BCUT2D eigenvalue weighted by Crippen LogP contribution is 2.61. The molecule has 4 aliphatic rings. The van der Waals surface area contributed by atoms with Crippen molar-refractivity contribution in [3.8, 4) is 5.75 Å². The topological polar surface area (TPSA) is 46.5 Å². The van der Waals surface area contributed by atoms with Crippen LogP contribution in [0.4, 0.5) is 0 Å². The molecule has 0 heterocycles. The fourth-order valence-corrected chi connectivity index (χ4v) is 7.55. The first-order valence-corrected chi connectivity index (χ1v) is 12.1. The van der Waals surface area contributed by atoms with Crippen molar-refractivity contribution in [2.24, 2.45) is 23.2 Å². The molecule has 0 radical (unpaired) electrons. The second kappa shape index (κ2) is 7.63. The third kappa shape index (κ3) is 3.49. The van der Waals surface area contributed by atoms with Gasteiger partial charge in [-0.2, -0.15) is 0 Å². The van der Waals surface area contributed by atoms with E-state index < -0.39 is 0 Å². The first-order valence-electron chi connectivity index (χ1n) is 12.1. The Morgan fingerprint density at radius 1 is 1.14 bits per heavy atom. The van der Waals surface area contributed by atoms with Crippen LogP contribution in [-0.2, 0) is 16.0 Å². The van der Waals surface area contributed by atoms with E-state index in [9.17, 15) is 9.90 Å². The van der Waals surface area contributed by atoms with Crippen LogP contribution < -0.4 is 0 Å². The van der Waals surface area contributed by atoms with Crippen molar-refractivity contribution >= 4 is 5.97 Å². The number of hydrogen-bond donors (Lipinski definition) is 1. The van der Waals surface area contributed by atoms with E-state index in [4.69, 9.17) is 4.74 Å². The highest BCUT2D eigenvalue weighted by atomic mass is 16.5. The summed E-state index contributed by atoms with van der Waals surface area (Å²) in [7, 11) is 0. The van der Waals surface area contributed by atoms with E-state index in [0.29, 0.717) is 29.9 Å². The molecule has 3 nitrogen and oxygen atoms in total. The van der Waals surface area contributed by atoms with Gasteiger partial charge in [0.1, 0.15) is 11.9 Å². The number of hydrogen-bond acceptors (Lipinski definition) is 3. The molecule has 0 bridgehead atoms. The maximum atomic E-state index is 12.6. The van der Waals surface area contributed by atoms with Crippen LogP contribution in [0.1, 0.15) is 94.6 Å². The predicted molar refractivity (Wildman–Crippen MR) is 114 cm³/mol. The van der Waals surface area contributed by atoms with Crippen LogP contribution in [0.5, 0.6) is 5.75 Å². The Hall–Kier alpha value is -1.51. The summed E-state index contributed by atoms with van der Waals surface area (Å²) in [5.74, 6) is 3.19. The summed E-state index contributed by atoms with van der Waals surface area (Å²) in [4.78, 5) is 12.6. The number of aryl methyl sites for hydroxylation is 1. The largest absolute Gasteiger partial charge is 0.508 e. The third-order valence-corrected chi connectivity index (χ3v) is 9.13. The van der Waals surface area contributed by atoms with E-state index >= 15 is 0 Å². The number of phenols is 1. The Kier molecular flexibility index (Phi) is 5.12. The molecule has 0 amide bonds. The van der Waals surface area contributed by atoms with Gasteiger partial charge in [0.15, 0.2) is 0 Å². The third-order valence-electron chi connectivity index (χ3n) is 9.13. The van der Waals surface area contributed by atoms with Gasteiger partial charge in [-0.3, -0.25) is 4.79 Å². The number of phenolic OH excluding ortho intramolecular Hbond substituents is 1. The molecule has 1 N–H and O–H groups in total. The van der Waals surface area contributed by atoms with Crippen LogP contribution in [0.15, 0.2) is 18.2 Å². The van der Waals surface area contributed by atoms with Crippen molar-refractivity contribution in [1.29, 1.82) is 0 Å². The van der Waals surface area contributed by atoms with Crippen molar-refractivity contribution < 1.29 is 14.6 Å². The first kappa shape index (κ1) is 19.5. The summed E-state index contributed by atoms with van der Waals surface area (Å²) in [5.41, 5.74) is 2.97. The quantitative estimate of drug-likeness (QED) is 0.623. The number of rotatable bonds is 4. The predicted octanol–water partition coefficient (Wildman–Crippen LogP) is 6.13. The molecule has 5 rings (SSSR count). The number of fused-ring (bicyclic) bond motifs is 5. The lowest BCUT2D eigenvalue weighted by atomic mass is 9.55. The van der Waals surface area contributed by atoms with E-state index in [1.807, 2.05) is 12.1 Å². The van der Waals surface area contributed by atoms with Crippen LogP contribution in [0.25, 0.3) is 0 Å². The minimum atomic E-state index is 0.0513. The van der Waals surface area contributed by atoms with Gasteiger partial charge in [0.05, 0.1) is 0 Å². The van der Waals surface area contributed by atoms with Crippen LogP contribution >= 0.6 is 0 Å². The monoisotopic (exact) mass is 396 g/mol. The molecule has 158 valence electrons. The minimum absolute atomic E-state index is 0.0513. The molecule has 1 aromatic rings. The highest BCUT2D eigenvalue weighted by molar-refractivity contribution is 5.69. The molecule has 1 unspecified atom stereocenters. The summed E-state index contributed by atoms with van der Waals surface area (Å²) >= 11 is 0. The van der Waals surface area contributed by atoms with Crippen molar-refractivity contribution in [1.82, 2.24) is 0 Å². The van der Waals surface area contributed by atoms with E-state index in [0.717, 1.165) is 31.6 Å². The molecule has 5 atom stereocenters. The van der Waals surface area contributed by atoms with Crippen LogP contribution in [0.2, 0.25) is 0 Å². The molecule has 0 aromatic heterocycles. The van der Waals surface area contributed by atoms with Gasteiger partial charge in [-0.05, 0) is 91.9 Å². The maximum Gasteiger partial charge on any atom is 0.306 e. The van der Waals surface area contributed by atoms with Gasteiger partial charge in [-0.25, -0.2) is 0 Å². The Bertz CT molecular complexity index is 765. The lowest BCUT2D eigenvalue weighted by molar-refractivity contribution is -0.157. The van der Waals surface area contributed by atoms with Crippen LogP contribution in [0, 0.1) is 23.2 Å². The van der Waals surface area contributed by atoms with E-state index in [1.54, 1.807) is 0 Å². The average Bonchev–Trinajstić information content (AvgIpc) is 3.34. The number of carbonyl (C=O) groups excluding carboxylic acids is 1. The second-order valence-electron chi connectivity index (χ2n) is 10.6. The summed E-state index contributed by atoms with van der Waals surface area (Å²) in [6.45, 7) is 2.40. The lowest BCUT2D eigenvalue weighted by Crippen LogP contribution is -2.45. The van der Waals surface area contributed by atoms with Crippen LogP contribution in [0.3, 0.4) is 0 Å². The Labute approximate surface area is 175 Å². The van der Waals surface area contributed by atoms with Crippen molar-refractivity contribution in [3.05, 3.63) is 29.3 Å². The van der Waals surface area contributed by atoms with E-state index in [2.05, 4.69) is 13.0 Å². The summed E-state index contributed by atoms with van der Waals surface area (Å²) in [6.07, 6.45) is 13.9. The Morgan fingerprint density at radius 2 is 1.97 bits per heavy atom. The normalized spacial score (nSPS) is 36.3. The molecule has 0 saturated heterocycles. The first-order chi connectivity index (χ1) is 14.0.